The van der Waals surface area contributed by atoms with Gasteiger partial charge in [0.05, 0.1) is 0 Å². The van der Waals surface area contributed by atoms with Gasteiger partial charge in [0.1, 0.15) is 11.4 Å². The molecule has 0 radical (unpaired) electrons. The molecule has 1 aromatic heterocycles. The predicted molar refractivity (Wildman–Crippen MR) is 102 cm³/mol. The number of amides is 2. The van der Waals surface area contributed by atoms with Crippen LogP contribution in [0.1, 0.15) is 98.0 Å². The molecule has 2 amide bonds. The predicted octanol–water partition coefficient (Wildman–Crippen LogP) is 3.99. The third-order valence-corrected chi connectivity index (χ3v) is 5.60. The summed E-state index contributed by atoms with van der Waals surface area (Å²) >= 11 is 0. The number of carbonyl (C=O) groups is 2. The summed E-state index contributed by atoms with van der Waals surface area (Å²) in [6, 6.07) is 5.59. The van der Waals surface area contributed by atoms with E-state index < -0.39 is 0 Å². The zero-order valence-corrected chi connectivity index (χ0v) is 15.6. The lowest BCUT2D eigenvalue weighted by molar-refractivity contribution is 0.0924. The van der Waals surface area contributed by atoms with E-state index in [2.05, 4.69) is 15.6 Å². The lowest BCUT2D eigenvalue weighted by atomic mass is 10.1. The quantitative estimate of drug-likeness (QED) is 0.801. The first kappa shape index (κ1) is 18.9. The first-order valence-electron chi connectivity index (χ1n) is 10.3. The Bertz CT molecular complexity index is 552. The first-order valence-corrected chi connectivity index (χ1v) is 10.3. The molecular weight excluding hydrogens is 326 g/mol. The van der Waals surface area contributed by atoms with Crippen LogP contribution in [-0.4, -0.2) is 28.9 Å². The molecule has 2 N–H and O–H groups in total. The Morgan fingerprint density at radius 3 is 1.46 bits per heavy atom. The highest BCUT2D eigenvalue weighted by Crippen LogP contribution is 2.18. The zero-order valence-electron chi connectivity index (χ0n) is 15.6. The number of hydrogen-bond donors (Lipinski definition) is 2. The van der Waals surface area contributed by atoms with Crippen molar-refractivity contribution in [1.29, 1.82) is 0 Å². The molecule has 0 unspecified atom stereocenters. The van der Waals surface area contributed by atoms with Gasteiger partial charge in [0.15, 0.2) is 0 Å². The summed E-state index contributed by atoms with van der Waals surface area (Å²) in [6.45, 7) is 0. The molecule has 5 nitrogen and oxygen atoms in total. The Kier molecular flexibility index (Phi) is 7.04. The monoisotopic (exact) mass is 357 g/mol. The molecule has 142 valence electrons. The lowest BCUT2D eigenvalue weighted by Gasteiger charge is -2.17. The van der Waals surface area contributed by atoms with Gasteiger partial charge in [-0.15, -0.1) is 0 Å². The van der Waals surface area contributed by atoms with E-state index >= 15 is 0 Å². The van der Waals surface area contributed by atoms with E-state index in [1.54, 1.807) is 18.2 Å². The maximum absolute atomic E-state index is 12.5. The Morgan fingerprint density at radius 2 is 1.08 bits per heavy atom. The number of hydrogen-bond acceptors (Lipinski definition) is 3. The van der Waals surface area contributed by atoms with Crippen molar-refractivity contribution in [2.75, 3.05) is 0 Å². The second-order valence-electron chi connectivity index (χ2n) is 7.73. The minimum absolute atomic E-state index is 0.166. The van der Waals surface area contributed by atoms with Crippen LogP contribution in [0.4, 0.5) is 0 Å². The van der Waals surface area contributed by atoms with Crippen LogP contribution in [0.25, 0.3) is 0 Å². The smallest absolute Gasteiger partial charge is 0.270 e. The number of nitrogens with one attached hydrogen (secondary N) is 2. The Balaban J connectivity index is 1.59. The van der Waals surface area contributed by atoms with Crippen LogP contribution in [0.5, 0.6) is 0 Å². The first-order chi connectivity index (χ1) is 12.7. The molecule has 1 heterocycles. The number of nitrogens with zero attached hydrogens (tertiary/aromatic N) is 1. The Hall–Kier alpha value is -1.91. The van der Waals surface area contributed by atoms with Gasteiger partial charge < -0.3 is 10.6 Å². The molecule has 1 aromatic rings. The van der Waals surface area contributed by atoms with Crippen LogP contribution in [0.2, 0.25) is 0 Å². The standard InChI is InChI=1S/C21H31N3O2/c25-20(22-16-10-5-1-2-6-11-16)18-14-9-15-19(24-18)21(26)23-17-12-7-3-4-8-13-17/h9,14-17H,1-8,10-13H2,(H,22,25)(H,23,26). The molecule has 0 aliphatic heterocycles. The molecular formula is C21H31N3O2. The van der Waals surface area contributed by atoms with E-state index in [-0.39, 0.29) is 23.9 Å². The molecule has 2 aliphatic carbocycles. The lowest BCUT2D eigenvalue weighted by Crippen LogP contribution is -2.36. The summed E-state index contributed by atoms with van der Waals surface area (Å²) in [5, 5.41) is 6.20. The highest BCUT2D eigenvalue weighted by Gasteiger charge is 2.19. The van der Waals surface area contributed by atoms with Gasteiger partial charge in [0.25, 0.3) is 11.8 Å². The van der Waals surface area contributed by atoms with Gasteiger partial charge in [-0.1, -0.05) is 57.4 Å². The van der Waals surface area contributed by atoms with E-state index in [9.17, 15) is 9.59 Å². The minimum Gasteiger partial charge on any atom is -0.348 e. The largest absolute Gasteiger partial charge is 0.348 e. The second-order valence-corrected chi connectivity index (χ2v) is 7.73. The van der Waals surface area contributed by atoms with Gasteiger partial charge >= 0.3 is 0 Å². The van der Waals surface area contributed by atoms with Crippen LogP contribution in [-0.2, 0) is 0 Å². The van der Waals surface area contributed by atoms with Crippen LogP contribution in [0.3, 0.4) is 0 Å². The average molecular weight is 357 g/mol. The fourth-order valence-corrected chi connectivity index (χ4v) is 4.05. The minimum atomic E-state index is -0.166. The number of aromatic nitrogens is 1. The van der Waals surface area contributed by atoms with Crippen molar-refractivity contribution in [3.05, 3.63) is 29.6 Å². The molecule has 0 spiro atoms. The van der Waals surface area contributed by atoms with Gasteiger partial charge in [0, 0.05) is 12.1 Å². The van der Waals surface area contributed by atoms with Crippen LogP contribution in [0, 0.1) is 0 Å². The van der Waals surface area contributed by atoms with Gasteiger partial charge in [-0.3, -0.25) is 9.59 Å². The maximum atomic E-state index is 12.5. The summed E-state index contributed by atoms with van der Waals surface area (Å²) in [5.41, 5.74) is 0.672. The molecule has 0 atom stereocenters. The maximum Gasteiger partial charge on any atom is 0.270 e. The van der Waals surface area contributed by atoms with Crippen molar-refractivity contribution < 1.29 is 9.59 Å². The Morgan fingerprint density at radius 1 is 0.692 bits per heavy atom. The fourth-order valence-electron chi connectivity index (χ4n) is 4.05. The molecule has 0 aromatic carbocycles. The zero-order chi connectivity index (χ0) is 18.2. The third-order valence-electron chi connectivity index (χ3n) is 5.60. The summed E-state index contributed by atoms with van der Waals surface area (Å²) in [4.78, 5) is 29.4. The summed E-state index contributed by atoms with van der Waals surface area (Å²) in [5.74, 6) is -0.331. The van der Waals surface area contributed by atoms with Crippen molar-refractivity contribution in [3.8, 4) is 0 Å². The van der Waals surface area contributed by atoms with Gasteiger partial charge in [0.2, 0.25) is 0 Å². The van der Waals surface area contributed by atoms with Crippen molar-refractivity contribution in [1.82, 2.24) is 15.6 Å². The molecule has 0 saturated heterocycles. The molecule has 2 saturated carbocycles. The van der Waals surface area contributed by atoms with E-state index in [1.165, 1.54) is 51.4 Å². The van der Waals surface area contributed by atoms with Gasteiger partial charge in [-0.25, -0.2) is 4.98 Å². The third kappa shape index (κ3) is 5.55. The van der Waals surface area contributed by atoms with Gasteiger partial charge in [-0.2, -0.15) is 0 Å². The molecule has 2 aliphatic rings. The van der Waals surface area contributed by atoms with Crippen molar-refractivity contribution in [2.24, 2.45) is 0 Å². The second kappa shape index (κ2) is 9.70. The van der Waals surface area contributed by atoms with E-state index in [1.807, 2.05) is 0 Å². The summed E-state index contributed by atoms with van der Waals surface area (Å²) in [7, 11) is 0. The van der Waals surface area contributed by atoms with Crippen LogP contribution >= 0.6 is 0 Å². The number of carbonyl (C=O) groups excluding carboxylic acids is 2. The van der Waals surface area contributed by atoms with Crippen LogP contribution < -0.4 is 10.6 Å². The normalized spacial score (nSPS) is 20.0. The van der Waals surface area contributed by atoms with E-state index in [4.69, 9.17) is 0 Å². The number of pyridine rings is 1. The molecule has 0 bridgehead atoms. The van der Waals surface area contributed by atoms with Crippen molar-refractivity contribution in [3.63, 3.8) is 0 Å². The Labute approximate surface area is 156 Å². The average Bonchev–Trinajstić information content (AvgIpc) is 3.07. The number of rotatable bonds is 4. The molecule has 5 heteroatoms. The highest BCUT2D eigenvalue weighted by molar-refractivity contribution is 5.96. The highest BCUT2D eigenvalue weighted by atomic mass is 16.2. The van der Waals surface area contributed by atoms with Gasteiger partial charge in [-0.05, 0) is 37.8 Å². The molecule has 3 rings (SSSR count). The van der Waals surface area contributed by atoms with Crippen LogP contribution in [0.15, 0.2) is 18.2 Å². The summed E-state index contributed by atoms with van der Waals surface area (Å²) < 4.78 is 0. The fraction of sp³-hybridized carbons (Fsp3) is 0.667. The van der Waals surface area contributed by atoms with Crippen molar-refractivity contribution in [2.45, 2.75) is 89.1 Å². The topological polar surface area (TPSA) is 71.1 Å². The summed E-state index contributed by atoms with van der Waals surface area (Å²) in [6.07, 6.45) is 13.8. The SMILES string of the molecule is O=C(NC1CCCCCC1)c1cccc(C(=O)NC2CCCCCC2)n1. The van der Waals surface area contributed by atoms with E-state index in [0.717, 1.165) is 25.7 Å². The van der Waals surface area contributed by atoms with Crippen molar-refractivity contribution >= 4 is 11.8 Å². The molecule has 2 fully saturated rings. The van der Waals surface area contributed by atoms with E-state index in [0.29, 0.717) is 11.4 Å². The molecule has 26 heavy (non-hydrogen) atoms.